The molecule has 2 aromatic rings. The molecule has 0 radical (unpaired) electrons. The molecule has 6 N–H and O–H groups in total. The third-order valence-electron chi connectivity index (χ3n) is 5.17. The van der Waals surface area contributed by atoms with Crippen molar-refractivity contribution in [1.82, 2.24) is 5.32 Å². The van der Waals surface area contributed by atoms with Crippen LogP contribution in [0.2, 0.25) is 0 Å². The maximum absolute atomic E-state index is 12.2. The Bertz CT molecular complexity index is 1400. The first-order chi connectivity index (χ1) is 15.9. The molecule has 0 unspecified atom stereocenters. The van der Waals surface area contributed by atoms with Crippen molar-refractivity contribution in [2.45, 2.75) is 0 Å². The van der Waals surface area contributed by atoms with E-state index in [4.69, 9.17) is 16.6 Å². The Kier molecular flexibility index (Phi) is 6.25. The van der Waals surface area contributed by atoms with Gasteiger partial charge in [-0.05, 0) is 54.2 Å². The number of likely N-dealkylation sites (N-methyl/N-ethyl adjacent to an activating group) is 1. The van der Waals surface area contributed by atoms with Gasteiger partial charge < -0.3 is 30.6 Å². The number of phenols is 1. The molecule has 9 heteroatoms. The van der Waals surface area contributed by atoms with E-state index in [-0.39, 0.29) is 16.7 Å². The third kappa shape index (κ3) is 4.64. The van der Waals surface area contributed by atoms with Crippen molar-refractivity contribution in [3.05, 3.63) is 70.4 Å². The summed E-state index contributed by atoms with van der Waals surface area (Å²) in [4.78, 5) is 24.1. The lowest BCUT2D eigenvalue weighted by Gasteiger charge is -2.18. The highest BCUT2D eigenvalue weighted by molar-refractivity contribution is 7.80. The second kappa shape index (κ2) is 9.27. The zero-order valence-electron chi connectivity index (χ0n) is 17.7. The normalized spacial score (nSPS) is 10.9. The lowest BCUT2D eigenvalue weighted by Crippen LogP contribution is -2.81. The number of anilines is 1. The predicted molar refractivity (Wildman–Crippen MR) is 130 cm³/mol. The second-order valence-corrected chi connectivity index (χ2v) is 7.87. The molecule has 0 saturated heterocycles. The Balaban J connectivity index is 1.87. The van der Waals surface area contributed by atoms with E-state index in [0.717, 1.165) is 6.54 Å². The van der Waals surface area contributed by atoms with E-state index in [1.54, 1.807) is 24.3 Å². The van der Waals surface area contributed by atoms with Crippen LogP contribution in [0.1, 0.15) is 10.4 Å². The fourth-order valence-corrected chi connectivity index (χ4v) is 3.89. The van der Waals surface area contributed by atoms with Gasteiger partial charge in [0.25, 0.3) is 0 Å². The SMILES string of the molecule is C[NH2+]CCNC(=S)Nc1ccc(-c2c3ccc(=O)cc-3oc3cc(O)ccc23)c(C(=O)O)c1. The molecule has 1 heterocycles. The number of phenolic OH excluding ortho intramolecular Hbond substituents is 1. The van der Waals surface area contributed by atoms with Gasteiger partial charge >= 0.3 is 5.97 Å². The zero-order chi connectivity index (χ0) is 23.5. The van der Waals surface area contributed by atoms with Gasteiger partial charge in [0, 0.05) is 34.3 Å². The molecule has 0 saturated carbocycles. The van der Waals surface area contributed by atoms with Crippen molar-refractivity contribution in [3.8, 4) is 28.2 Å². The summed E-state index contributed by atoms with van der Waals surface area (Å²) < 4.78 is 5.85. The quantitative estimate of drug-likeness (QED) is 0.167. The highest BCUT2D eigenvalue weighted by Crippen LogP contribution is 2.42. The van der Waals surface area contributed by atoms with Gasteiger partial charge in [0.15, 0.2) is 10.5 Å². The topological polar surface area (TPSA) is 128 Å². The first kappa shape index (κ1) is 22.3. The van der Waals surface area contributed by atoms with Gasteiger partial charge in [0.05, 0.1) is 25.7 Å². The van der Waals surface area contributed by atoms with Crippen LogP contribution in [0.5, 0.6) is 5.75 Å². The van der Waals surface area contributed by atoms with E-state index in [2.05, 4.69) is 10.6 Å². The van der Waals surface area contributed by atoms with Crippen LogP contribution >= 0.6 is 12.2 Å². The van der Waals surface area contributed by atoms with Crippen LogP contribution in [-0.2, 0) is 0 Å². The van der Waals surface area contributed by atoms with Crippen molar-refractivity contribution in [2.75, 3.05) is 25.5 Å². The highest BCUT2D eigenvalue weighted by Gasteiger charge is 2.22. The highest BCUT2D eigenvalue weighted by atomic mass is 32.1. The minimum Gasteiger partial charge on any atom is -0.508 e. The lowest BCUT2D eigenvalue weighted by atomic mass is 9.90. The molecule has 1 aliphatic carbocycles. The summed E-state index contributed by atoms with van der Waals surface area (Å²) in [6, 6.07) is 13.9. The van der Waals surface area contributed by atoms with Crippen molar-refractivity contribution in [1.29, 1.82) is 0 Å². The number of nitrogens with two attached hydrogens (primary N) is 1. The molecular weight excluding hydrogens is 442 g/mol. The smallest absolute Gasteiger partial charge is 0.336 e. The van der Waals surface area contributed by atoms with Gasteiger partial charge in [0.2, 0.25) is 0 Å². The summed E-state index contributed by atoms with van der Waals surface area (Å²) in [7, 11) is 1.96. The van der Waals surface area contributed by atoms with E-state index >= 15 is 0 Å². The number of carbonyl (C=O) groups is 1. The second-order valence-electron chi connectivity index (χ2n) is 7.46. The van der Waals surface area contributed by atoms with Gasteiger partial charge in [0.1, 0.15) is 17.1 Å². The molecule has 1 aliphatic heterocycles. The number of quaternary nitrogens is 1. The molecule has 0 amide bonds. The minimum atomic E-state index is -1.12. The van der Waals surface area contributed by atoms with E-state index in [1.807, 2.05) is 12.4 Å². The van der Waals surface area contributed by atoms with E-state index < -0.39 is 5.97 Å². The van der Waals surface area contributed by atoms with E-state index in [9.17, 15) is 19.8 Å². The van der Waals surface area contributed by atoms with Crippen molar-refractivity contribution in [3.63, 3.8) is 0 Å². The molecule has 0 spiro atoms. The van der Waals surface area contributed by atoms with Gasteiger partial charge in [-0.2, -0.15) is 0 Å². The number of thiocarbonyl (C=S) groups is 1. The number of fused-ring (bicyclic) bond motifs is 2. The number of benzene rings is 3. The molecular formula is C24H22N3O5S+. The van der Waals surface area contributed by atoms with Crippen LogP contribution in [0.25, 0.3) is 33.4 Å². The lowest BCUT2D eigenvalue weighted by molar-refractivity contribution is -0.624. The first-order valence-corrected chi connectivity index (χ1v) is 10.7. The van der Waals surface area contributed by atoms with Gasteiger partial charge in [-0.15, -0.1) is 0 Å². The van der Waals surface area contributed by atoms with Crippen molar-refractivity contribution >= 4 is 40.0 Å². The molecule has 4 rings (SSSR count). The van der Waals surface area contributed by atoms with Crippen LogP contribution in [0.3, 0.4) is 0 Å². The molecule has 2 aromatic carbocycles. The maximum Gasteiger partial charge on any atom is 0.336 e. The Labute approximate surface area is 194 Å². The van der Waals surface area contributed by atoms with Gasteiger partial charge in [-0.1, -0.05) is 6.07 Å². The molecule has 168 valence electrons. The van der Waals surface area contributed by atoms with Gasteiger partial charge in [-0.3, -0.25) is 4.79 Å². The molecule has 0 atom stereocenters. The standard InChI is InChI=1S/C24H21N3O5S/c1-25-8-9-26-24(33)27-13-2-5-16(19(10-13)23(30)31)22-17-6-3-14(28)11-20(17)32-21-12-15(29)4-7-18(21)22/h2-7,10-12,25,28H,8-9H2,1H3,(H,30,31)(H2,26,27,33)/p+1. The summed E-state index contributed by atoms with van der Waals surface area (Å²) >= 11 is 5.29. The number of carboxylic acid groups (broad SMARTS) is 1. The largest absolute Gasteiger partial charge is 0.508 e. The average Bonchev–Trinajstić information content (AvgIpc) is 2.77. The Morgan fingerprint density at radius 3 is 2.64 bits per heavy atom. The number of hydrogen-bond acceptors (Lipinski definition) is 5. The van der Waals surface area contributed by atoms with Crippen molar-refractivity contribution < 1.29 is 24.7 Å². The van der Waals surface area contributed by atoms with Gasteiger partial charge in [-0.25, -0.2) is 4.79 Å². The van der Waals surface area contributed by atoms with E-state index in [1.165, 1.54) is 30.3 Å². The molecule has 0 bridgehead atoms. The summed E-state index contributed by atoms with van der Waals surface area (Å²) in [6.07, 6.45) is 0. The minimum absolute atomic E-state index is 0.00507. The van der Waals surface area contributed by atoms with Crippen molar-refractivity contribution in [2.24, 2.45) is 0 Å². The number of hydrogen-bond donors (Lipinski definition) is 5. The Morgan fingerprint density at radius 2 is 1.88 bits per heavy atom. The number of rotatable bonds is 6. The maximum atomic E-state index is 12.2. The number of nitrogens with one attached hydrogen (secondary N) is 2. The fourth-order valence-electron chi connectivity index (χ4n) is 3.67. The van der Waals surface area contributed by atoms with E-state index in [0.29, 0.717) is 50.8 Å². The molecule has 0 aromatic heterocycles. The fraction of sp³-hybridized carbons (Fsp3) is 0.125. The summed E-state index contributed by atoms with van der Waals surface area (Å²) in [6.45, 7) is 1.52. The Morgan fingerprint density at radius 1 is 1.09 bits per heavy atom. The monoisotopic (exact) mass is 464 g/mol. The third-order valence-corrected chi connectivity index (χ3v) is 5.42. The zero-order valence-corrected chi connectivity index (χ0v) is 18.5. The molecule has 33 heavy (non-hydrogen) atoms. The number of aromatic carboxylic acids is 1. The molecule has 0 fully saturated rings. The first-order valence-electron chi connectivity index (χ1n) is 10.3. The van der Waals surface area contributed by atoms with Crippen LogP contribution in [0.4, 0.5) is 5.69 Å². The predicted octanol–water partition coefficient (Wildman–Crippen LogP) is 2.45. The number of carboxylic acids is 1. The summed E-state index contributed by atoms with van der Waals surface area (Å²) in [5.41, 5.74) is 2.30. The number of aromatic hydroxyl groups is 1. The average molecular weight is 465 g/mol. The molecule has 2 aliphatic rings. The molecule has 8 nitrogen and oxygen atoms in total. The summed E-state index contributed by atoms with van der Waals surface area (Å²) in [5.74, 6) is -0.823. The van der Waals surface area contributed by atoms with Crippen LogP contribution in [0.15, 0.2) is 63.8 Å². The van der Waals surface area contributed by atoms with Crippen LogP contribution in [0, 0.1) is 0 Å². The Hall–Kier alpha value is -3.95. The van der Waals surface area contributed by atoms with Crippen LogP contribution < -0.4 is 21.4 Å². The van der Waals surface area contributed by atoms with Crippen LogP contribution in [-0.4, -0.2) is 41.4 Å². The summed E-state index contributed by atoms with van der Waals surface area (Å²) in [5, 5.41) is 29.0.